The van der Waals surface area contributed by atoms with E-state index in [1.54, 1.807) is 70.6 Å². The van der Waals surface area contributed by atoms with E-state index in [0.717, 1.165) is 27.5 Å². The molecule has 0 spiro atoms. The van der Waals surface area contributed by atoms with Gasteiger partial charge in [-0.1, -0.05) is 48.5 Å². The molecule has 0 saturated carbocycles. The summed E-state index contributed by atoms with van der Waals surface area (Å²) in [6, 6.07) is 24.3. The molecule has 1 aromatic heterocycles. The quantitative estimate of drug-likeness (QED) is 0.155. The van der Waals surface area contributed by atoms with Crippen molar-refractivity contribution in [1.29, 1.82) is 0 Å². The van der Waals surface area contributed by atoms with Crippen LogP contribution >= 0.6 is 11.6 Å². The number of pyridine rings is 1. The maximum Gasteiger partial charge on any atom is 0.257 e. The van der Waals surface area contributed by atoms with Crippen molar-refractivity contribution in [3.05, 3.63) is 119 Å². The molecule has 286 valence electrons. The number of phenols is 1. The van der Waals surface area contributed by atoms with Crippen molar-refractivity contribution in [3.8, 4) is 17.2 Å². The highest BCUT2D eigenvalue weighted by atomic mass is 35.5. The van der Waals surface area contributed by atoms with Gasteiger partial charge in [-0.05, 0) is 65.9 Å². The van der Waals surface area contributed by atoms with E-state index >= 15 is 0 Å². The van der Waals surface area contributed by atoms with Crippen molar-refractivity contribution >= 4 is 67.4 Å². The number of aliphatic imine (C=N–C) groups is 1. The number of carbonyl (C=O) groups excluding carboxylic acids is 2. The Bertz CT molecular complexity index is 2560. The molecule has 2 amide bonds. The molecule has 2 atom stereocenters. The summed E-state index contributed by atoms with van der Waals surface area (Å²) < 4.78 is 38.5. The highest BCUT2D eigenvalue weighted by molar-refractivity contribution is 7.89. The van der Waals surface area contributed by atoms with Gasteiger partial charge in [-0.3, -0.25) is 19.6 Å². The average molecular weight is 792 g/mol. The Hall–Kier alpha value is -5.76. The van der Waals surface area contributed by atoms with Gasteiger partial charge in [0.15, 0.2) is 11.5 Å². The number of alkyl halides is 1. The largest absolute Gasteiger partial charge is 0.507 e. The van der Waals surface area contributed by atoms with Gasteiger partial charge >= 0.3 is 0 Å². The number of methoxy groups -OCH3 is 1. The third-order valence-electron chi connectivity index (χ3n) is 10.5. The first-order valence-electron chi connectivity index (χ1n) is 18.1. The number of aromatic hydroxyl groups is 1. The summed E-state index contributed by atoms with van der Waals surface area (Å²) in [5.74, 6) is 0.755. The zero-order valence-electron chi connectivity index (χ0n) is 30.6. The van der Waals surface area contributed by atoms with E-state index in [2.05, 4.69) is 4.72 Å². The minimum atomic E-state index is -3.55. The maximum atomic E-state index is 13.8. The Kier molecular flexibility index (Phi) is 10.00. The summed E-state index contributed by atoms with van der Waals surface area (Å²) in [6.45, 7) is 0.821. The lowest BCUT2D eigenvalue weighted by Gasteiger charge is -2.32. The number of nitrogens with one attached hydrogen (secondary N) is 1. The second-order valence-electron chi connectivity index (χ2n) is 13.8. The first kappa shape index (κ1) is 37.2. The van der Waals surface area contributed by atoms with E-state index in [-0.39, 0.29) is 47.4 Å². The molecule has 0 aliphatic carbocycles. The summed E-state index contributed by atoms with van der Waals surface area (Å²) in [6.07, 6.45) is 4.27. The molecule has 0 fully saturated rings. The number of carbonyl (C=O) groups is 2. The van der Waals surface area contributed by atoms with Crippen LogP contribution in [-0.4, -0.2) is 80.6 Å². The Morgan fingerprint density at radius 1 is 1.00 bits per heavy atom. The van der Waals surface area contributed by atoms with Crippen molar-refractivity contribution in [2.45, 2.75) is 36.3 Å². The maximum absolute atomic E-state index is 13.8. The molecule has 8 rings (SSSR count). The summed E-state index contributed by atoms with van der Waals surface area (Å²) in [5.41, 5.74) is 5.45. The lowest BCUT2D eigenvalue weighted by molar-refractivity contribution is -0.118. The van der Waals surface area contributed by atoms with Crippen LogP contribution in [0.4, 0.5) is 11.4 Å². The summed E-state index contributed by atoms with van der Waals surface area (Å²) >= 11 is 6.38. The smallest absolute Gasteiger partial charge is 0.257 e. The van der Waals surface area contributed by atoms with Crippen molar-refractivity contribution in [2.75, 3.05) is 38.0 Å². The molecular formula is C42H38ClN5O7S. The highest BCUT2D eigenvalue weighted by Gasteiger charge is 2.35. The van der Waals surface area contributed by atoms with Gasteiger partial charge in [0, 0.05) is 48.6 Å². The summed E-state index contributed by atoms with van der Waals surface area (Å²) in [5, 5.41) is 12.4. The fourth-order valence-electron chi connectivity index (χ4n) is 7.65. The number of halogens is 1. The minimum absolute atomic E-state index is 0.0344. The second kappa shape index (κ2) is 15.1. The van der Waals surface area contributed by atoms with Crippen molar-refractivity contribution in [1.82, 2.24) is 14.6 Å². The van der Waals surface area contributed by atoms with Crippen LogP contribution in [0.3, 0.4) is 0 Å². The van der Waals surface area contributed by atoms with Crippen molar-refractivity contribution in [2.24, 2.45) is 4.99 Å². The zero-order chi connectivity index (χ0) is 39.1. The van der Waals surface area contributed by atoms with Crippen LogP contribution in [0.5, 0.6) is 17.2 Å². The van der Waals surface area contributed by atoms with Gasteiger partial charge in [-0.2, -0.15) is 0 Å². The number of rotatable bonds is 10. The molecule has 3 aliphatic heterocycles. The average Bonchev–Trinajstić information content (AvgIpc) is 3.54. The summed E-state index contributed by atoms with van der Waals surface area (Å²) in [7, 11) is -0.679. The molecule has 0 radical (unpaired) electrons. The highest BCUT2D eigenvalue weighted by Crippen LogP contribution is 2.45. The third-order valence-corrected chi connectivity index (χ3v) is 12.3. The van der Waals surface area contributed by atoms with E-state index < -0.39 is 10.0 Å². The number of hydrogen-bond donors (Lipinski definition) is 2. The molecule has 0 saturated heterocycles. The van der Waals surface area contributed by atoms with Crippen LogP contribution in [0.25, 0.3) is 16.3 Å². The Labute approximate surface area is 329 Å². The Morgan fingerprint density at radius 2 is 1.77 bits per heavy atom. The van der Waals surface area contributed by atoms with Crippen LogP contribution in [0.15, 0.2) is 101 Å². The number of fused-ring (bicyclic) bond motifs is 5. The van der Waals surface area contributed by atoms with Gasteiger partial charge in [0.05, 0.1) is 52.8 Å². The molecule has 4 aromatic carbocycles. The number of ether oxygens (including phenoxy) is 2. The molecule has 14 heteroatoms. The van der Waals surface area contributed by atoms with E-state index in [9.17, 15) is 23.1 Å². The van der Waals surface area contributed by atoms with E-state index in [0.29, 0.717) is 65.2 Å². The fraction of sp³-hybridized carbons (Fsp3) is 0.238. The number of aromatic nitrogens is 1. The van der Waals surface area contributed by atoms with Crippen LogP contribution in [0, 0.1) is 0 Å². The van der Waals surface area contributed by atoms with Gasteiger partial charge in [0.1, 0.15) is 12.4 Å². The number of benzene rings is 4. The van der Waals surface area contributed by atoms with Crippen LogP contribution in [-0.2, 0) is 27.8 Å². The number of anilines is 1. The predicted molar refractivity (Wildman–Crippen MR) is 215 cm³/mol. The number of phenolic OH excluding ortho intramolecular Hbond substituents is 1. The molecule has 3 aliphatic rings. The second-order valence-corrected chi connectivity index (χ2v) is 16.0. The molecule has 4 heterocycles. The predicted octanol–water partition coefficient (Wildman–Crippen LogP) is 6.36. The van der Waals surface area contributed by atoms with Gasteiger partial charge in [0.25, 0.3) is 5.91 Å². The van der Waals surface area contributed by atoms with Gasteiger partial charge in [-0.25, -0.2) is 13.1 Å². The lowest BCUT2D eigenvalue weighted by Crippen LogP contribution is -2.43. The van der Waals surface area contributed by atoms with Crippen molar-refractivity contribution < 1.29 is 32.6 Å². The van der Waals surface area contributed by atoms with Crippen LogP contribution < -0.4 is 19.1 Å². The van der Waals surface area contributed by atoms with E-state index in [4.69, 9.17) is 31.1 Å². The first-order chi connectivity index (χ1) is 27.1. The van der Waals surface area contributed by atoms with Gasteiger partial charge < -0.3 is 24.4 Å². The number of hydrogen-bond acceptors (Lipinski definition) is 9. The van der Waals surface area contributed by atoms with Gasteiger partial charge in [-0.15, -0.1) is 11.6 Å². The standard InChI is InChI=1S/C42H38ClN5O7S/c1-44-56(52,53)31-12-10-25(11-13-31)26-14-15-47-30(16-26)22-45-35-19-39(38(54-2)18-34(35)42(47)51)55-24-29-7-5-6-28(46-29)17-40(50)48-23-27(21-43)41-33-9-4-3-8-32(33)37(49)20-36(41)48/h3-14,18-20,22,27,30,44,49H,15-17,21,23-24H2,1-2H3/t27-,30+/m1/s1. The molecule has 0 bridgehead atoms. The van der Waals surface area contributed by atoms with E-state index in [1.807, 2.05) is 36.4 Å². The summed E-state index contributed by atoms with van der Waals surface area (Å²) in [4.78, 5) is 40.6. The third kappa shape index (κ3) is 6.86. The monoisotopic (exact) mass is 791 g/mol. The Morgan fingerprint density at radius 3 is 2.52 bits per heavy atom. The number of nitrogens with zero attached hydrogens (tertiary/aromatic N) is 4. The topological polar surface area (TPSA) is 151 Å². The number of amides is 2. The molecule has 5 aromatic rings. The fourth-order valence-corrected chi connectivity index (χ4v) is 8.63. The SMILES string of the molecule is CNS(=O)(=O)c1ccc(C2=CCN3C(=O)c4cc(OC)c(OCc5cccc(CC(=O)N6C[C@@H](CCl)c7c6cc(O)c6ccccc76)n5)cc4N=C[C@@H]3C2)cc1. The molecule has 12 nitrogen and oxygen atoms in total. The van der Waals surface area contributed by atoms with Crippen LogP contribution in [0.1, 0.15) is 45.2 Å². The zero-order valence-corrected chi connectivity index (χ0v) is 32.2. The van der Waals surface area contributed by atoms with Crippen molar-refractivity contribution in [3.63, 3.8) is 0 Å². The number of sulfonamides is 1. The first-order valence-corrected chi connectivity index (χ1v) is 20.1. The van der Waals surface area contributed by atoms with Gasteiger partial charge in [0.2, 0.25) is 15.9 Å². The molecular weight excluding hydrogens is 754 g/mol. The van der Waals surface area contributed by atoms with Crippen LogP contribution in [0.2, 0.25) is 0 Å². The molecule has 56 heavy (non-hydrogen) atoms. The van der Waals surface area contributed by atoms with E-state index in [1.165, 1.54) is 14.2 Å². The Balaban J connectivity index is 0.967. The molecule has 2 N–H and O–H groups in total. The molecule has 0 unspecified atom stereocenters. The minimum Gasteiger partial charge on any atom is -0.507 e. The normalized spacial score (nSPS) is 17.6. The lowest BCUT2D eigenvalue weighted by atomic mass is 9.94.